The Morgan fingerprint density at radius 2 is 2.20 bits per heavy atom. The lowest BCUT2D eigenvalue weighted by molar-refractivity contribution is -0.387. The van der Waals surface area contributed by atoms with Crippen LogP contribution in [0.15, 0.2) is 34.9 Å². The van der Waals surface area contributed by atoms with Crippen LogP contribution >= 0.6 is 0 Å². The number of rotatable bonds is 5. The van der Waals surface area contributed by atoms with Crippen LogP contribution in [0.25, 0.3) is 0 Å². The zero-order valence-corrected chi connectivity index (χ0v) is 10.00. The molecule has 0 aliphatic heterocycles. The van der Waals surface area contributed by atoms with Crippen molar-refractivity contribution in [1.82, 2.24) is 0 Å². The fraction of sp³-hybridized carbons (Fsp3) is 0.0833. The maximum absolute atomic E-state index is 13.4. The van der Waals surface area contributed by atoms with Crippen LogP contribution in [0.3, 0.4) is 0 Å². The Kier molecular flexibility index (Phi) is 3.65. The minimum atomic E-state index is -1.11. The summed E-state index contributed by atoms with van der Waals surface area (Å²) in [6.45, 7) is 0.129. The molecule has 0 aliphatic carbocycles. The normalized spacial score (nSPS) is 10.2. The van der Waals surface area contributed by atoms with E-state index in [0.717, 1.165) is 18.4 Å². The molecule has 1 aromatic heterocycles. The number of carboxylic acids is 1. The number of hydrogen-bond donors (Lipinski definition) is 2. The number of benzene rings is 1. The monoisotopic (exact) mass is 280 g/mol. The van der Waals surface area contributed by atoms with E-state index in [1.165, 1.54) is 12.1 Å². The minimum absolute atomic E-state index is 0.0108. The molecule has 1 heterocycles. The first-order valence-electron chi connectivity index (χ1n) is 5.46. The van der Waals surface area contributed by atoms with E-state index in [4.69, 9.17) is 9.52 Å². The first kappa shape index (κ1) is 13.5. The smallest absolute Gasteiger partial charge is 0.338 e. The molecule has 0 amide bonds. The van der Waals surface area contributed by atoms with Gasteiger partial charge in [-0.25, -0.2) is 4.79 Å². The highest BCUT2D eigenvalue weighted by molar-refractivity contribution is 5.87. The number of aromatic carboxylic acids is 1. The van der Waals surface area contributed by atoms with Gasteiger partial charge in [-0.15, -0.1) is 0 Å². The van der Waals surface area contributed by atoms with Gasteiger partial charge in [-0.2, -0.15) is 4.39 Å². The van der Waals surface area contributed by atoms with E-state index in [1.54, 1.807) is 0 Å². The topological polar surface area (TPSA) is 106 Å². The minimum Gasteiger partial charge on any atom is -0.478 e. The molecule has 0 aliphatic rings. The maximum Gasteiger partial charge on any atom is 0.338 e. The zero-order chi connectivity index (χ0) is 14.7. The van der Waals surface area contributed by atoms with E-state index >= 15 is 0 Å². The number of nitro groups is 1. The van der Waals surface area contributed by atoms with Gasteiger partial charge in [0.1, 0.15) is 12.0 Å². The van der Waals surface area contributed by atoms with Crippen molar-refractivity contribution in [1.29, 1.82) is 0 Å². The van der Waals surface area contributed by atoms with Crippen LogP contribution in [0.1, 0.15) is 16.1 Å². The third kappa shape index (κ3) is 2.91. The van der Waals surface area contributed by atoms with Crippen LogP contribution in [-0.2, 0) is 6.54 Å². The van der Waals surface area contributed by atoms with Gasteiger partial charge in [0.2, 0.25) is 5.82 Å². The van der Waals surface area contributed by atoms with E-state index in [1.807, 2.05) is 0 Å². The van der Waals surface area contributed by atoms with Crippen molar-refractivity contribution in [2.75, 3.05) is 5.32 Å². The Bertz CT molecular complexity index is 668. The summed E-state index contributed by atoms with van der Waals surface area (Å²) in [5.74, 6) is -1.71. The average Bonchev–Trinajstić information content (AvgIpc) is 2.85. The molecule has 2 aromatic rings. The van der Waals surface area contributed by atoms with Crippen molar-refractivity contribution < 1.29 is 23.6 Å². The lowest BCUT2D eigenvalue weighted by Gasteiger charge is -2.04. The number of nitrogens with zero attached hydrogens (tertiary/aromatic N) is 1. The summed E-state index contributed by atoms with van der Waals surface area (Å²) >= 11 is 0. The molecule has 104 valence electrons. The van der Waals surface area contributed by atoms with Crippen LogP contribution in [0, 0.1) is 15.9 Å². The summed E-state index contributed by atoms with van der Waals surface area (Å²) in [4.78, 5) is 20.3. The number of furan rings is 1. The SMILES string of the molecule is O=C(O)c1coc(CNc2ccc([N+](=O)[O-])c(F)c2)c1. The van der Waals surface area contributed by atoms with E-state index in [-0.39, 0.29) is 12.1 Å². The molecule has 0 saturated heterocycles. The number of carbonyl (C=O) groups is 1. The summed E-state index contributed by atoms with van der Waals surface area (Å²) in [6.07, 6.45) is 1.09. The predicted octanol–water partition coefficient (Wildman–Crippen LogP) is 2.64. The summed E-state index contributed by atoms with van der Waals surface area (Å²) in [5.41, 5.74) is -0.278. The highest BCUT2D eigenvalue weighted by atomic mass is 19.1. The quantitative estimate of drug-likeness (QED) is 0.644. The van der Waals surface area contributed by atoms with Crippen molar-refractivity contribution in [3.8, 4) is 0 Å². The fourth-order valence-electron chi connectivity index (χ4n) is 1.54. The molecule has 0 atom stereocenters. The molecule has 2 N–H and O–H groups in total. The molecule has 0 saturated carbocycles. The van der Waals surface area contributed by atoms with Crippen LogP contribution in [0.5, 0.6) is 0 Å². The largest absolute Gasteiger partial charge is 0.478 e. The van der Waals surface area contributed by atoms with Gasteiger partial charge in [0.25, 0.3) is 0 Å². The zero-order valence-electron chi connectivity index (χ0n) is 10.00. The molecular weight excluding hydrogens is 271 g/mol. The highest BCUT2D eigenvalue weighted by Crippen LogP contribution is 2.21. The van der Waals surface area contributed by atoms with Gasteiger partial charge in [-0.05, 0) is 12.1 Å². The second kappa shape index (κ2) is 5.39. The Morgan fingerprint density at radius 1 is 1.45 bits per heavy atom. The van der Waals surface area contributed by atoms with Crippen LogP contribution in [0.4, 0.5) is 15.8 Å². The number of nitro benzene ring substituents is 1. The van der Waals surface area contributed by atoms with Crippen molar-refractivity contribution in [2.45, 2.75) is 6.54 Å². The molecule has 0 fully saturated rings. The third-order valence-corrected chi connectivity index (χ3v) is 2.51. The van der Waals surface area contributed by atoms with E-state index in [9.17, 15) is 19.3 Å². The van der Waals surface area contributed by atoms with E-state index in [0.29, 0.717) is 11.4 Å². The van der Waals surface area contributed by atoms with E-state index in [2.05, 4.69) is 5.32 Å². The average molecular weight is 280 g/mol. The van der Waals surface area contributed by atoms with Crippen molar-refractivity contribution in [3.05, 3.63) is 57.8 Å². The second-order valence-electron chi connectivity index (χ2n) is 3.88. The molecule has 0 unspecified atom stereocenters. The molecule has 2 rings (SSSR count). The molecule has 0 radical (unpaired) electrons. The number of anilines is 1. The van der Waals surface area contributed by atoms with Gasteiger partial charge in [-0.3, -0.25) is 10.1 Å². The number of nitrogens with one attached hydrogen (secondary N) is 1. The van der Waals surface area contributed by atoms with Gasteiger partial charge >= 0.3 is 11.7 Å². The Morgan fingerprint density at radius 3 is 2.75 bits per heavy atom. The molecule has 20 heavy (non-hydrogen) atoms. The maximum atomic E-state index is 13.4. The second-order valence-corrected chi connectivity index (χ2v) is 3.88. The highest BCUT2D eigenvalue weighted by Gasteiger charge is 2.14. The van der Waals surface area contributed by atoms with E-state index < -0.39 is 22.4 Å². The lowest BCUT2D eigenvalue weighted by atomic mass is 10.2. The molecule has 0 bridgehead atoms. The van der Waals surface area contributed by atoms with Gasteiger partial charge in [0.05, 0.1) is 17.0 Å². The lowest BCUT2D eigenvalue weighted by Crippen LogP contribution is -2.00. The molecular formula is C12H9FN2O5. The molecule has 8 heteroatoms. The summed E-state index contributed by atoms with van der Waals surface area (Å²) in [6, 6.07) is 4.71. The number of halogens is 1. The summed E-state index contributed by atoms with van der Waals surface area (Å²) < 4.78 is 18.3. The first-order valence-corrected chi connectivity index (χ1v) is 5.46. The van der Waals surface area contributed by atoms with Gasteiger partial charge < -0.3 is 14.8 Å². The van der Waals surface area contributed by atoms with Crippen LogP contribution in [-0.4, -0.2) is 16.0 Å². The fourth-order valence-corrected chi connectivity index (χ4v) is 1.54. The number of carboxylic acid groups (broad SMARTS) is 1. The molecule has 7 nitrogen and oxygen atoms in total. The van der Waals surface area contributed by atoms with Gasteiger partial charge in [-0.1, -0.05) is 0 Å². The third-order valence-electron chi connectivity index (χ3n) is 2.51. The van der Waals surface area contributed by atoms with Crippen molar-refractivity contribution in [3.63, 3.8) is 0 Å². The van der Waals surface area contributed by atoms with Crippen molar-refractivity contribution in [2.24, 2.45) is 0 Å². The van der Waals surface area contributed by atoms with Gasteiger partial charge in [0, 0.05) is 17.8 Å². The summed E-state index contributed by atoms with van der Waals surface area (Å²) in [7, 11) is 0. The number of hydrogen-bond acceptors (Lipinski definition) is 5. The first-order chi connectivity index (χ1) is 9.47. The predicted molar refractivity (Wildman–Crippen MR) is 66.0 cm³/mol. The van der Waals surface area contributed by atoms with Gasteiger partial charge in [0.15, 0.2) is 0 Å². The standard InChI is InChI=1S/C12H9FN2O5/c13-10-4-8(1-2-11(10)15(18)19)14-5-9-3-7(6-20-9)12(16)17/h1-4,6,14H,5H2,(H,16,17). The Hall–Kier alpha value is -2.90. The Labute approximate surface area is 111 Å². The molecule has 0 spiro atoms. The van der Waals surface area contributed by atoms with Crippen LogP contribution < -0.4 is 5.32 Å². The summed E-state index contributed by atoms with van der Waals surface area (Å²) in [5, 5.41) is 21.9. The van der Waals surface area contributed by atoms with Crippen molar-refractivity contribution >= 4 is 17.3 Å². The molecule has 1 aromatic carbocycles. The Balaban J connectivity index is 2.05. The van der Waals surface area contributed by atoms with Crippen LogP contribution in [0.2, 0.25) is 0 Å².